The molecule has 0 N–H and O–H groups in total. The smallest absolute Gasteiger partial charge is 0.143 e. The first kappa shape index (κ1) is 46.9. The summed E-state index contributed by atoms with van der Waals surface area (Å²) in [6.07, 6.45) is 1.82. The van der Waals surface area contributed by atoms with Gasteiger partial charge in [-0.15, -0.1) is 0 Å². The highest BCUT2D eigenvalue weighted by atomic mass is 16.5. The first-order chi connectivity index (χ1) is 38.1. The first-order valence-corrected chi connectivity index (χ1v) is 28.7. The van der Waals surface area contributed by atoms with Crippen molar-refractivity contribution in [1.29, 1.82) is 0 Å². The second-order valence-corrected chi connectivity index (χ2v) is 25.9. The van der Waals surface area contributed by atoms with E-state index in [-0.39, 0.29) is 27.6 Å². The lowest BCUT2D eigenvalue weighted by Crippen LogP contribution is -2.25. The van der Waals surface area contributed by atoms with Crippen molar-refractivity contribution < 1.29 is 9.15 Å². The van der Waals surface area contributed by atoms with Crippen LogP contribution < -0.4 is 4.74 Å². The van der Waals surface area contributed by atoms with Crippen LogP contribution >= 0.6 is 0 Å². The normalized spacial score (nSPS) is 16.7. The summed E-state index contributed by atoms with van der Waals surface area (Å²) >= 11 is 0. The molecule has 0 radical (unpaired) electrons. The third-order valence-corrected chi connectivity index (χ3v) is 20.0. The lowest BCUT2D eigenvalue weighted by molar-refractivity contribution is 0.303. The van der Waals surface area contributed by atoms with Gasteiger partial charge in [0.15, 0.2) is 0 Å². The van der Waals surface area contributed by atoms with Crippen LogP contribution in [0.1, 0.15) is 134 Å². The number of fused-ring (bicyclic) bond motifs is 22. The zero-order chi connectivity index (χ0) is 53.6. The minimum atomic E-state index is -0.274. The predicted octanol–water partition coefficient (Wildman–Crippen LogP) is 19.9. The number of hydrogen-bond acceptors (Lipinski definition) is 2. The Morgan fingerprint density at radius 2 is 0.962 bits per heavy atom. The van der Waals surface area contributed by atoms with Crippen molar-refractivity contribution in [3.05, 3.63) is 254 Å². The molecule has 0 spiro atoms. The van der Waals surface area contributed by atoms with E-state index in [0.717, 1.165) is 35.3 Å². The average molecular weight is 1020 g/mol. The van der Waals surface area contributed by atoms with Crippen LogP contribution in [0.2, 0.25) is 0 Å². The fraction of sp³-hybridized carbons (Fsp3) is 0.221. The van der Waals surface area contributed by atoms with Crippen LogP contribution in [0.4, 0.5) is 0 Å². The quantitative estimate of drug-likeness (QED) is 0.166. The van der Waals surface area contributed by atoms with Gasteiger partial charge in [-0.05, 0) is 155 Å². The van der Waals surface area contributed by atoms with E-state index in [1.165, 1.54) is 144 Å². The van der Waals surface area contributed by atoms with E-state index in [1.54, 1.807) is 0 Å². The second-order valence-electron chi connectivity index (χ2n) is 25.9. The molecular weight excluding hydrogens is 957 g/mol. The summed E-state index contributed by atoms with van der Waals surface area (Å²) < 4.78 is 13.9. The summed E-state index contributed by atoms with van der Waals surface area (Å²) in [5.74, 6) is 1.26. The molecule has 1 unspecified atom stereocenters. The molecule has 79 heavy (non-hydrogen) atoms. The fourth-order valence-electron chi connectivity index (χ4n) is 16.0. The summed E-state index contributed by atoms with van der Waals surface area (Å²) in [6.45, 7) is 22.3. The zero-order valence-corrected chi connectivity index (χ0v) is 46.8. The van der Waals surface area contributed by atoms with Crippen LogP contribution in [0.3, 0.4) is 0 Å². The number of para-hydroxylation sites is 1. The molecule has 2 nitrogen and oxygen atoms in total. The molecule has 4 aliphatic carbocycles. The van der Waals surface area contributed by atoms with E-state index < -0.39 is 0 Å². The van der Waals surface area contributed by atoms with Gasteiger partial charge in [-0.3, -0.25) is 0 Å². The molecule has 0 fully saturated rings. The van der Waals surface area contributed by atoms with E-state index in [9.17, 15) is 0 Å². The molecule has 0 amide bonds. The van der Waals surface area contributed by atoms with E-state index in [1.807, 2.05) is 0 Å². The van der Waals surface area contributed by atoms with Crippen molar-refractivity contribution in [3.8, 4) is 72.5 Å². The highest BCUT2D eigenvalue weighted by molar-refractivity contribution is 6.18. The summed E-state index contributed by atoms with van der Waals surface area (Å²) in [5.41, 5.74) is 34.6. The van der Waals surface area contributed by atoms with Crippen molar-refractivity contribution >= 4 is 21.9 Å². The molecule has 0 bridgehead atoms. The van der Waals surface area contributed by atoms with Crippen LogP contribution in [0, 0.1) is 6.92 Å². The second kappa shape index (κ2) is 16.0. The first-order valence-electron chi connectivity index (χ1n) is 28.7. The number of benzene rings is 10. The molecule has 5 aliphatic rings. The van der Waals surface area contributed by atoms with Crippen molar-refractivity contribution in [3.63, 3.8) is 0 Å². The van der Waals surface area contributed by atoms with E-state index in [0.29, 0.717) is 6.61 Å². The molecule has 1 aliphatic heterocycles. The number of ether oxygens (including phenoxy) is 1. The average Bonchev–Trinajstić information content (AvgIpc) is 4.30. The van der Waals surface area contributed by atoms with E-state index in [2.05, 4.69) is 244 Å². The molecule has 10 aromatic carbocycles. The van der Waals surface area contributed by atoms with Gasteiger partial charge in [0.2, 0.25) is 0 Å². The molecule has 2 heteroatoms. The summed E-state index contributed by atoms with van der Waals surface area (Å²) in [6, 6.07) is 69.5. The molecule has 1 atom stereocenters. The lowest BCUT2D eigenvalue weighted by Gasteiger charge is -2.33. The Kier molecular flexibility index (Phi) is 9.48. The monoisotopic (exact) mass is 1020 g/mol. The number of furan rings is 1. The fourth-order valence-corrected chi connectivity index (χ4v) is 16.0. The third-order valence-electron chi connectivity index (χ3n) is 20.0. The van der Waals surface area contributed by atoms with Gasteiger partial charge in [0.1, 0.15) is 23.5 Å². The molecule has 1 aromatic heterocycles. The minimum absolute atomic E-state index is 0.103. The van der Waals surface area contributed by atoms with E-state index >= 15 is 0 Å². The van der Waals surface area contributed by atoms with Crippen molar-refractivity contribution in [2.24, 2.45) is 0 Å². The van der Waals surface area contributed by atoms with Crippen molar-refractivity contribution in [1.82, 2.24) is 0 Å². The number of hydrogen-bond donors (Lipinski definition) is 0. The van der Waals surface area contributed by atoms with Gasteiger partial charge in [0.25, 0.3) is 0 Å². The third kappa shape index (κ3) is 6.29. The Balaban J connectivity index is 0.839. The van der Waals surface area contributed by atoms with Gasteiger partial charge in [-0.25, -0.2) is 0 Å². The Bertz CT molecular complexity index is 4490. The molecular formula is C77H64O2. The summed E-state index contributed by atoms with van der Waals surface area (Å²) in [5, 5.41) is 2.40. The molecule has 0 saturated heterocycles. The van der Waals surface area contributed by atoms with E-state index in [4.69, 9.17) is 9.15 Å². The number of rotatable bonds is 6. The number of aryl methyl sites for hydroxylation is 1. The largest absolute Gasteiger partial charge is 0.488 e. The van der Waals surface area contributed by atoms with Crippen LogP contribution in [-0.4, -0.2) is 0 Å². The van der Waals surface area contributed by atoms with Gasteiger partial charge in [0.05, 0.1) is 0 Å². The van der Waals surface area contributed by atoms with Gasteiger partial charge in [0, 0.05) is 49.1 Å². The Morgan fingerprint density at radius 1 is 0.418 bits per heavy atom. The van der Waals surface area contributed by atoms with Gasteiger partial charge in [-0.2, -0.15) is 0 Å². The minimum Gasteiger partial charge on any atom is -0.488 e. The Labute approximate surface area is 464 Å². The Morgan fingerprint density at radius 3 is 1.71 bits per heavy atom. The molecule has 2 heterocycles. The highest BCUT2D eigenvalue weighted by Crippen LogP contribution is 2.66. The molecule has 16 rings (SSSR count). The highest BCUT2D eigenvalue weighted by Gasteiger charge is 2.50. The maximum Gasteiger partial charge on any atom is 0.143 e. The molecule has 0 saturated carbocycles. The predicted molar refractivity (Wildman–Crippen MR) is 327 cm³/mol. The summed E-state index contributed by atoms with van der Waals surface area (Å²) in [4.78, 5) is 0. The van der Waals surface area contributed by atoms with Crippen LogP contribution in [0.25, 0.3) is 88.7 Å². The van der Waals surface area contributed by atoms with Crippen molar-refractivity contribution in [2.45, 2.75) is 109 Å². The molecule has 11 aromatic rings. The topological polar surface area (TPSA) is 22.4 Å². The lowest BCUT2D eigenvalue weighted by atomic mass is 9.71. The molecule has 384 valence electrons. The zero-order valence-electron chi connectivity index (χ0n) is 46.8. The van der Waals surface area contributed by atoms with Gasteiger partial charge < -0.3 is 9.15 Å². The maximum atomic E-state index is 7.08. The Hall–Kier alpha value is -8.20. The standard InChI is InChI=1S/C77H64O2/c1-43-26-30-46(31-27-43)57-41-63-65(68-56-22-14-17-25-64(56)79-72(57)68)54-33-28-44(38-60(54)75(63,4)5)36-49(47-32-35-52-51-20-12-15-23-58(51)74(2,3)62(52)40-47)37-45-29-34-55-61(39-45)77(8,9)71-69(55)73-67(50-19-11-10-18-48(50)42-78-73)66-53-21-13-16-24-59(53)76(6,7)70(66)71/h10-35,38-41,49H,36-37,42H2,1-9H3. The van der Waals surface area contributed by atoms with Crippen LogP contribution in [0.15, 0.2) is 186 Å². The SMILES string of the molecule is Cc1ccc(-c2cc3c(c4c2oc2ccccc24)-c2ccc(CC(Cc4ccc5c(c4)C(C)(C)c4c-5c5c(c6c4C(C)(C)c4ccccc4-6)-c4ccccc4CO5)c4ccc5c(c4)C(C)(C)c4ccccc4-5)cc2C3(C)C)cc1. The van der Waals surface area contributed by atoms with Crippen molar-refractivity contribution in [2.75, 3.05) is 0 Å². The summed E-state index contributed by atoms with van der Waals surface area (Å²) in [7, 11) is 0. The maximum absolute atomic E-state index is 7.08. The van der Waals surface area contributed by atoms with Crippen LogP contribution in [0.5, 0.6) is 5.75 Å². The van der Waals surface area contributed by atoms with Gasteiger partial charge in [-0.1, -0.05) is 231 Å². The van der Waals surface area contributed by atoms with Crippen LogP contribution in [-0.2, 0) is 41.1 Å². The van der Waals surface area contributed by atoms with Gasteiger partial charge >= 0.3 is 0 Å².